The van der Waals surface area contributed by atoms with Crippen LogP contribution in [0.15, 0.2) is 89.9 Å². The molecule has 1 amide bonds. The molecule has 0 radical (unpaired) electrons. The molecule has 1 fully saturated rings. The molecule has 0 bridgehead atoms. The van der Waals surface area contributed by atoms with E-state index in [1.165, 1.54) is 5.56 Å². The smallest absolute Gasteiger partial charge is 0.328 e. The van der Waals surface area contributed by atoms with Gasteiger partial charge in [-0.1, -0.05) is 98.8 Å². The Morgan fingerprint density at radius 1 is 0.974 bits per heavy atom. The van der Waals surface area contributed by atoms with Gasteiger partial charge in [-0.05, 0) is 42.9 Å². The van der Waals surface area contributed by atoms with Gasteiger partial charge in [-0.15, -0.1) is 5.69 Å². The van der Waals surface area contributed by atoms with Crippen LogP contribution >= 0.6 is 0 Å². The zero-order chi connectivity index (χ0) is 26.2. The van der Waals surface area contributed by atoms with Crippen LogP contribution in [-0.4, -0.2) is 46.2 Å². The van der Waals surface area contributed by atoms with Crippen molar-refractivity contribution in [3.05, 3.63) is 107 Å². The Bertz CT molecular complexity index is 1230. The molecule has 3 aromatic carbocycles. The van der Waals surface area contributed by atoms with E-state index in [1.54, 1.807) is 6.07 Å². The van der Waals surface area contributed by atoms with Crippen molar-refractivity contribution in [3.63, 3.8) is 0 Å². The van der Waals surface area contributed by atoms with Crippen LogP contribution in [0.1, 0.15) is 49.8 Å². The summed E-state index contributed by atoms with van der Waals surface area (Å²) in [4.78, 5) is 32.4. The number of carbonyl (C=O) groups is 2. The number of rotatable bonds is 10. The van der Waals surface area contributed by atoms with E-state index in [0.717, 1.165) is 24.9 Å². The normalized spacial score (nSPS) is 16.6. The van der Waals surface area contributed by atoms with E-state index in [-0.39, 0.29) is 34.4 Å². The molecule has 1 aliphatic rings. The maximum Gasteiger partial charge on any atom is 0.328 e. The largest absolute Gasteiger partial charge is 0.625 e. The number of carbonyl (C=O) groups excluding carboxylic acids is 1. The summed E-state index contributed by atoms with van der Waals surface area (Å²) in [6, 6.07) is 25.9. The fraction of sp³-hybridized carbons (Fsp3) is 0.323. The summed E-state index contributed by atoms with van der Waals surface area (Å²) < 4.78 is 0. The van der Waals surface area contributed by atoms with Gasteiger partial charge in [0.1, 0.15) is 6.04 Å². The predicted molar refractivity (Wildman–Crippen MR) is 147 cm³/mol. The molecular formula is C31H34N3NiO3-. The molecule has 0 spiro atoms. The summed E-state index contributed by atoms with van der Waals surface area (Å²) in [6.07, 6.45) is 2.14. The van der Waals surface area contributed by atoms with Crippen molar-refractivity contribution in [3.8, 4) is 0 Å². The van der Waals surface area contributed by atoms with E-state index in [2.05, 4.69) is 22.3 Å². The Morgan fingerprint density at radius 3 is 2.26 bits per heavy atom. The van der Waals surface area contributed by atoms with Crippen molar-refractivity contribution in [1.29, 1.82) is 0 Å². The molecule has 1 saturated heterocycles. The molecule has 1 heterocycles. The van der Waals surface area contributed by atoms with Gasteiger partial charge in [-0.2, -0.15) is 0 Å². The van der Waals surface area contributed by atoms with Crippen molar-refractivity contribution in [2.45, 2.75) is 51.7 Å². The molecule has 38 heavy (non-hydrogen) atoms. The minimum atomic E-state index is -0.963. The van der Waals surface area contributed by atoms with Gasteiger partial charge in [0, 0.05) is 28.6 Å². The number of carboxylic acids is 1. The molecular weight excluding hydrogens is 521 g/mol. The third-order valence-electron chi connectivity index (χ3n) is 6.58. The SMILES string of the molecule is CC(C)C[C@H](N=C(c1ccccc1)c1ccccc1[N-]C(=O)[C@@H]1CCCN1Cc1ccccc1)C(=O)O.[Ni]. The van der Waals surface area contributed by atoms with E-state index in [1.807, 2.05) is 80.6 Å². The molecule has 202 valence electrons. The second-order valence-corrected chi connectivity index (χ2v) is 9.91. The van der Waals surface area contributed by atoms with E-state index in [0.29, 0.717) is 29.9 Å². The third-order valence-corrected chi connectivity index (χ3v) is 6.58. The van der Waals surface area contributed by atoms with E-state index >= 15 is 0 Å². The van der Waals surface area contributed by atoms with Crippen molar-refractivity contribution < 1.29 is 31.2 Å². The number of hydrogen-bond donors (Lipinski definition) is 1. The number of carboxylic acid groups (broad SMARTS) is 1. The van der Waals surface area contributed by atoms with Crippen molar-refractivity contribution in [2.24, 2.45) is 10.9 Å². The van der Waals surface area contributed by atoms with Crippen molar-refractivity contribution in [2.75, 3.05) is 6.54 Å². The van der Waals surface area contributed by atoms with Crippen LogP contribution in [-0.2, 0) is 32.6 Å². The standard InChI is InChI=1S/C31H35N3O3.Ni/c1-22(2)20-27(31(36)37)32-29(24-14-7-4-8-15-24)25-16-9-10-17-26(25)33-30(35)28-18-11-19-34(28)21-23-12-5-3-6-13-23;/h3-10,12-17,22,27-28H,11,18-21H2,1-2H3,(H2,32,33,35,36,37);/p-1/t27-,28-;/m0./s1. The van der Waals surface area contributed by atoms with Crippen LogP contribution in [0, 0.1) is 5.92 Å². The zero-order valence-electron chi connectivity index (χ0n) is 21.8. The minimum Gasteiger partial charge on any atom is -0.625 e. The summed E-state index contributed by atoms with van der Waals surface area (Å²) in [6.45, 7) is 5.53. The average Bonchev–Trinajstić information content (AvgIpc) is 3.36. The molecule has 7 heteroatoms. The van der Waals surface area contributed by atoms with Crippen LogP contribution < -0.4 is 0 Å². The first kappa shape index (κ1) is 29.3. The van der Waals surface area contributed by atoms with E-state index in [4.69, 9.17) is 4.99 Å². The molecule has 0 aromatic heterocycles. The predicted octanol–water partition coefficient (Wildman–Crippen LogP) is 6.22. The van der Waals surface area contributed by atoms with E-state index < -0.39 is 12.0 Å². The number of hydrogen-bond acceptors (Lipinski definition) is 4. The molecule has 3 aromatic rings. The second-order valence-electron chi connectivity index (χ2n) is 9.91. The summed E-state index contributed by atoms with van der Waals surface area (Å²) >= 11 is 0. The van der Waals surface area contributed by atoms with Crippen LogP contribution in [0.25, 0.3) is 5.32 Å². The first-order valence-electron chi connectivity index (χ1n) is 12.9. The van der Waals surface area contributed by atoms with Gasteiger partial charge in [-0.25, -0.2) is 4.79 Å². The van der Waals surface area contributed by atoms with Gasteiger partial charge >= 0.3 is 5.97 Å². The summed E-state index contributed by atoms with van der Waals surface area (Å²) in [5, 5.41) is 14.5. The number of aliphatic imine (C=N–C) groups is 1. The minimum absolute atomic E-state index is 0. The second kappa shape index (κ2) is 14.0. The van der Waals surface area contributed by atoms with Gasteiger partial charge in [0.2, 0.25) is 0 Å². The zero-order valence-corrected chi connectivity index (χ0v) is 22.8. The Morgan fingerprint density at radius 2 is 1.61 bits per heavy atom. The summed E-state index contributed by atoms with van der Waals surface area (Å²) in [5.74, 6) is -0.971. The molecule has 6 nitrogen and oxygen atoms in total. The van der Waals surface area contributed by atoms with Crippen LogP contribution in [0.3, 0.4) is 0 Å². The van der Waals surface area contributed by atoms with Gasteiger partial charge in [-0.3, -0.25) is 9.89 Å². The fourth-order valence-corrected chi connectivity index (χ4v) is 4.78. The number of nitrogens with zero attached hydrogens (tertiary/aromatic N) is 3. The molecule has 1 N–H and O–H groups in total. The molecule has 1 aliphatic heterocycles. The Labute approximate surface area is 235 Å². The number of benzene rings is 3. The molecule has 0 saturated carbocycles. The van der Waals surface area contributed by atoms with Crippen LogP contribution in [0.4, 0.5) is 5.69 Å². The molecule has 0 aliphatic carbocycles. The fourth-order valence-electron chi connectivity index (χ4n) is 4.78. The summed E-state index contributed by atoms with van der Waals surface area (Å²) in [7, 11) is 0. The Kier molecular flexibility index (Phi) is 10.8. The van der Waals surface area contributed by atoms with E-state index in [9.17, 15) is 14.7 Å². The maximum absolute atomic E-state index is 13.5. The van der Waals surface area contributed by atoms with Gasteiger partial charge in [0.15, 0.2) is 0 Å². The van der Waals surface area contributed by atoms with Crippen LogP contribution in [0.2, 0.25) is 0 Å². The first-order chi connectivity index (χ1) is 17.9. The third kappa shape index (κ3) is 7.62. The number of aliphatic carboxylic acids is 1. The first-order valence-corrected chi connectivity index (χ1v) is 12.9. The summed E-state index contributed by atoms with van der Waals surface area (Å²) in [5.41, 5.74) is 3.67. The molecule has 2 atom stereocenters. The average molecular weight is 555 g/mol. The quantitative estimate of drug-likeness (QED) is 0.238. The van der Waals surface area contributed by atoms with Gasteiger partial charge in [0.05, 0.1) is 17.7 Å². The Hall–Kier alpha value is -3.28. The molecule has 4 rings (SSSR count). The topological polar surface area (TPSA) is 84.1 Å². The monoisotopic (exact) mass is 554 g/mol. The number of para-hydroxylation sites is 1. The maximum atomic E-state index is 13.5. The van der Waals surface area contributed by atoms with Gasteiger partial charge < -0.3 is 15.2 Å². The number of amides is 1. The van der Waals surface area contributed by atoms with Crippen LogP contribution in [0.5, 0.6) is 0 Å². The number of likely N-dealkylation sites (tertiary alicyclic amines) is 1. The van der Waals surface area contributed by atoms with Crippen molar-refractivity contribution in [1.82, 2.24) is 4.90 Å². The van der Waals surface area contributed by atoms with Crippen molar-refractivity contribution >= 4 is 23.3 Å². The Balaban J connectivity index is 0.00000400. The molecule has 0 unspecified atom stereocenters. The van der Waals surface area contributed by atoms with Gasteiger partial charge in [0.25, 0.3) is 0 Å².